The Hall–Kier alpha value is -1.82. The number of hydrogen-bond acceptors (Lipinski definition) is 1. The second-order valence-corrected chi connectivity index (χ2v) is 5.71. The van der Waals surface area contributed by atoms with Gasteiger partial charge in [0.2, 0.25) is 0 Å². The van der Waals surface area contributed by atoms with Gasteiger partial charge in [-0.2, -0.15) is 13.2 Å². The Balaban J connectivity index is 2.23. The summed E-state index contributed by atoms with van der Waals surface area (Å²) in [7, 11) is 0. The van der Waals surface area contributed by atoms with Gasteiger partial charge in [0, 0.05) is 4.47 Å². The quantitative estimate of drug-likeness (QED) is 0.811. The predicted molar refractivity (Wildman–Crippen MR) is 81.5 cm³/mol. The molecule has 2 aromatic carbocycles. The van der Waals surface area contributed by atoms with Crippen LogP contribution in [0.2, 0.25) is 0 Å². The standard InChI is InChI=1S/C16H13BrF3NO/c1-10(11-5-4-6-12(17)9-11)21-15(22)13-7-2-3-8-14(13)16(18,19)20/h2-10H,1H3,(H,21,22). The normalized spacial score (nSPS) is 12.8. The zero-order valence-electron chi connectivity index (χ0n) is 11.6. The van der Waals surface area contributed by atoms with Crippen LogP contribution in [0, 0.1) is 0 Å². The molecule has 0 saturated carbocycles. The van der Waals surface area contributed by atoms with Gasteiger partial charge < -0.3 is 5.32 Å². The van der Waals surface area contributed by atoms with Crippen LogP contribution in [0.15, 0.2) is 53.0 Å². The summed E-state index contributed by atoms with van der Waals surface area (Å²) < 4.78 is 39.6. The van der Waals surface area contributed by atoms with Crippen molar-refractivity contribution in [3.05, 3.63) is 69.7 Å². The minimum absolute atomic E-state index is 0.378. The number of carbonyl (C=O) groups is 1. The van der Waals surface area contributed by atoms with Gasteiger partial charge in [0.05, 0.1) is 17.2 Å². The molecular weight excluding hydrogens is 359 g/mol. The van der Waals surface area contributed by atoms with Crippen LogP contribution in [0.25, 0.3) is 0 Å². The molecule has 1 unspecified atom stereocenters. The Labute approximate surface area is 134 Å². The van der Waals surface area contributed by atoms with E-state index >= 15 is 0 Å². The van der Waals surface area contributed by atoms with E-state index in [0.29, 0.717) is 0 Å². The van der Waals surface area contributed by atoms with Crippen molar-refractivity contribution in [2.24, 2.45) is 0 Å². The van der Waals surface area contributed by atoms with E-state index in [1.165, 1.54) is 18.2 Å². The summed E-state index contributed by atoms with van der Waals surface area (Å²) in [5, 5.41) is 2.59. The van der Waals surface area contributed by atoms with Crippen LogP contribution in [0.4, 0.5) is 13.2 Å². The van der Waals surface area contributed by atoms with E-state index in [1.807, 2.05) is 6.07 Å². The largest absolute Gasteiger partial charge is 0.417 e. The number of benzene rings is 2. The summed E-state index contributed by atoms with van der Waals surface area (Å²) in [4.78, 5) is 12.2. The first-order valence-corrected chi connectivity index (χ1v) is 7.31. The monoisotopic (exact) mass is 371 g/mol. The fourth-order valence-electron chi connectivity index (χ4n) is 2.06. The van der Waals surface area contributed by atoms with Crippen molar-refractivity contribution in [1.29, 1.82) is 0 Å². The molecule has 0 aliphatic carbocycles. The lowest BCUT2D eigenvalue weighted by molar-refractivity contribution is -0.137. The molecule has 0 bridgehead atoms. The van der Waals surface area contributed by atoms with Gasteiger partial charge in [-0.15, -0.1) is 0 Å². The van der Waals surface area contributed by atoms with Crippen molar-refractivity contribution >= 4 is 21.8 Å². The van der Waals surface area contributed by atoms with Crippen molar-refractivity contribution in [3.63, 3.8) is 0 Å². The Kier molecular flexibility index (Phi) is 4.90. The van der Waals surface area contributed by atoms with E-state index in [0.717, 1.165) is 16.1 Å². The Morgan fingerprint density at radius 1 is 1.14 bits per heavy atom. The minimum atomic E-state index is -4.56. The van der Waals surface area contributed by atoms with Gasteiger partial charge in [-0.1, -0.05) is 40.2 Å². The van der Waals surface area contributed by atoms with Crippen LogP contribution in [0.1, 0.15) is 34.5 Å². The summed E-state index contributed by atoms with van der Waals surface area (Å²) in [6.07, 6.45) is -4.56. The summed E-state index contributed by atoms with van der Waals surface area (Å²) in [5.74, 6) is -0.750. The number of rotatable bonds is 3. The molecule has 116 valence electrons. The van der Waals surface area contributed by atoms with E-state index in [4.69, 9.17) is 0 Å². The Morgan fingerprint density at radius 2 is 1.82 bits per heavy atom. The third-order valence-corrected chi connectivity index (χ3v) is 3.67. The molecular formula is C16H13BrF3NO. The number of hydrogen-bond donors (Lipinski definition) is 1. The summed E-state index contributed by atoms with van der Waals surface area (Å²) >= 11 is 3.32. The topological polar surface area (TPSA) is 29.1 Å². The smallest absolute Gasteiger partial charge is 0.346 e. The predicted octanol–water partition coefficient (Wildman–Crippen LogP) is 4.96. The van der Waals surface area contributed by atoms with Crippen LogP contribution in [-0.2, 0) is 6.18 Å². The van der Waals surface area contributed by atoms with Gasteiger partial charge in [0.1, 0.15) is 0 Å². The maximum atomic E-state index is 12.9. The lowest BCUT2D eigenvalue weighted by atomic mass is 10.0. The highest BCUT2D eigenvalue weighted by Crippen LogP contribution is 2.32. The number of nitrogens with one attached hydrogen (secondary N) is 1. The first-order valence-electron chi connectivity index (χ1n) is 6.51. The fourth-order valence-corrected chi connectivity index (χ4v) is 2.48. The van der Waals surface area contributed by atoms with Gasteiger partial charge in [0.15, 0.2) is 0 Å². The molecule has 1 atom stereocenters. The van der Waals surface area contributed by atoms with Crippen LogP contribution >= 0.6 is 15.9 Å². The highest BCUT2D eigenvalue weighted by molar-refractivity contribution is 9.10. The van der Waals surface area contributed by atoms with Crippen molar-refractivity contribution < 1.29 is 18.0 Å². The third kappa shape index (κ3) is 3.88. The Morgan fingerprint density at radius 3 is 2.45 bits per heavy atom. The molecule has 2 aromatic rings. The molecule has 0 aromatic heterocycles. The van der Waals surface area contributed by atoms with Crippen molar-refractivity contribution in [3.8, 4) is 0 Å². The third-order valence-electron chi connectivity index (χ3n) is 3.17. The van der Waals surface area contributed by atoms with Gasteiger partial charge in [-0.3, -0.25) is 4.79 Å². The van der Waals surface area contributed by atoms with Gasteiger partial charge in [0.25, 0.3) is 5.91 Å². The molecule has 0 heterocycles. The number of amides is 1. The van der Waals surface area contributed by atoms with Crippen LogP contribution in [-0.4, -0.2) is 5.91 Å². The molecule has 0 aliphatic heterocycles. The molecule has 2 nitrogen and oxygen atoms in total. The zero-order valence-corrected chi connectivity index (χ0v) is 13.2. The summed E-state index contributed by atoms with van der Waals surface area (Å²) in [6.45, 7) is 1.72. The summed E-state index contributed by atoms with van der Waals surface area (Å²) in [6, 6.07) is 11.6. The Bertz CT molecular complexity index is 685. The van der Waals surface area contributed by atoms with Gasteiger partial charge >= 0.3 is 6.18 Å². The minimum Gasteiger partial charge on any atom is -0.346 e. The van der Waals surface area contributed by atoms with Crippen molar-refractivity contribution in [2.45, 2.75) is 19.1 Å². The summed E-state index contributed by atoms with van der Waals surface area (Å²) in [5.41, 5.74) is -0.516. The van der Waals surface area contributed by atoms with Crippen LogP contribution in [0.3, 0.4) is 0 Å². The van der Waals surface area contributed by atoms with E-state index in [1.54, 1.807) is 25.1 Å². The molecule has 0 spiro atoms. The van der Waals surface area contributed by atoms with E-state index in [-0.39, 0.29) is 5.56 Å². The second kappa shape index (κ2) is 6.52. The lowest BCUT2D eigenvalue weighted by Gasteiger charge is -2.17. The first kappa shape index (κ1) is 16.5. The lowest BCUT2D eigenvalue weighted by Crippen LogP contribution is -2.28. The second-order valence-electron chi connectivity index (χ2n) is 4.79. The van der Waals surface area contributed by atoms with Crippen molar-refractivity contribution in [2.75, 3.05) is 0 Å². The highest BCUT2D eigenvalue weighted by Gasteiger charge is 2.35. The van der Waals surface area contributed by atoms with E-state index < -0.39 is 23.7 Å². The molecule has 0 fully saturated rings. The number of alkyl halides is 3. The maximum Gasteiger partial charge on any atom is 0.417 e. The average molecular weight is 372 g/mol. The number of carbonyl (C=O) groups excluding carboxylic acids is 1. The van der Waals surface area contributed by atoms with Crippen LogP contribution in [0.5, 0.6) is 0 Å². The molecule has 0 saturated heterocycles. The highest BCUT2D eigenvalue weighted by atomic mass is 79.9. The van der Waals surface area contributed by atoms with Crippen LogP contribution < -0.4 is 5.32 Å². The molecule has 0 aliphatic rings. The molecule has 0 radical (unpaired) electrons. The van der Waals surface area contributed by atoms with Gasteiger partial charge in [-0.25, -0.2) is 0 Å². The van der Waals surface area contributed by atoms with Gasteiger partial charge in [-0.05, 0) is 36.8 Å². The zero-order chi connectivity index (χ0) is 16.3. The van der Waals surface area contributed by atoms with E-state index in [2.05, 4.69) is 21.2 Å². The molecule has 22 heavy (non-hydrogen) atoms. The molecule has 1 amide bonds. The molecule has 2 rings (SSSR count). The number of halogens is 4. The molecule has 1 N–H and O–H groups in total. The van der Waals surface area contributed by atoms with E-state index in [9.17, 15) is 18.0 Å². The fraction of sp³-hybridized carbons (Fsp3) is 0.188. The molecule has 6 heteroatoms. The SMILES string of the molecule is CC(NC(=O)c1ccccc1C(F)(F)F)c1cccc(Br)c1. The van der Waals surface area contributed by atoms with Crippen molar-refractivity contribution in [1.82, 2.24) is 5.32 Å². The average Bonchev–Trinajstić information content (AvgIpc) is 2.46. The maximum absolute atomic E-state index is 12.9. The first-order chi connectivity index (χ1) is 10.3.